The normalized spacial score (nSPS) is 10.3. The lowest BCUT2D eigenvalue weighted by Crippen LogP contribution is -2.14. The predicted molar refractivity (Wildman–Crippen MR) is 89.2 cm³/mol. The van der Waals surface area contributed by atoms with Gasteiger partial charge in [0.15, 0.2) is 0 Å². The van der Waals surface area contributed by atoms with Crippen LogP contribution in [0, 0.1) is 6.92 Å². The van der Waals surface area contributed by atoms with Crippen LogP contribution in [0.1, 0.15) is 15.9 Å². The molecular weight excluding hydrogens is 356 g/mol. The van der Waals surface area contributed by atoms with Crippen LogP contribution in [0.2, 0.25) is 5.02 Å². The van der Waals surface area contributed by atoms with E-state index in [4.69, 9.17) is 22.1 Å². The van der Waals surface area contributed by atoms with Crippen LogP contribution in [0.5, 0.6) is 5.75 Å². The van der Waals surface area contributed by atoms with Gasteiger partial charge in [-0.3, -0.25) is 4.79 Å². The monoisotopic (exact) mass is 368 g/mol. The lowest BCUT2D eigenvalue weighted by atomic mass is 10.1. The molecule has 4 nitrogen and oxygen atoms in total. The number of aryl methyl sites for hydroxylation is 1. The van der Waals surface area contributed by atoms with Crippen LogP contribution < -0.4 is 15.8 Å². The number of carbonyl (C=O) groups excluding carboxylic acids is 1. The van der Waals surface area contributed by atoms with Gasteiger partial charge in [0.1, 0.15) is 5.75 Å². The highest BCUT2D eigenvalue weighted by atomic mass is 79.9. The molecule has 0 aromatic heterocycles. The number of amides is 1. The molecule has 0 heterocycles. The fourth-order valence-electron chi connectivity index (χ4n) is 1.84. The van der Waals surface area contributed by atoms with Gasteiger partial charge in [0, 0.05) is 16.8 Å². The fourth-order valence-corrected chi connectivity index (χ4v) is 2.44. The lowest BCUT2D eigenvalue weighted by molar-refractivity contribution is 0.102. The first-order chi connectivity index (χ1) is 9.93. The molecule has 0 aliphatic heterocycles. The molecule has 2 rings (SSSR count). The quantitative estimate of drug-likeness (QED) is 0.795. The van der Waals surface area contributed by atoms with Crippen LogP contribution >= 0.6 is 27.5 Å². The average molecular weight is 370 g/mol. The van der Waals surface area contributed by atoms with Gasteiger partial charge in [-0.15, -0.1) is 0 Å². The van der Waals surface area contributed by atoms with Crippen LogP contribution in [0.25, 0.3) is 0 Å². The van der Waals surface area contributed by atoms with Crippen molar-refractivity contribution in [1.82, 2.24) is 0 Å². The maximum absolute atomic E-state index is 12.4. The number of nitrogen functional groups attached to an aromatic ring is 1. The predicted octanol–water partition coefficient (Wildman–Crippen LogP) is 4.25. The van der Waals surface area contributed by atoms with Gasteiger partial charge in [0.2, 0.25) is 0 Å². The molecule has 0 spiro atoms. The number of hydrogen-bond donors (Lipinski definition) is 2. The number of carbonyl (C=O) groups is 1. The third kappa shape index (κ3) is 3.31. The van der Waals surface area contributed by atoms with Crippen molar-refractivity contribution in [3.8, 4) is 5.75 Å². The van der Waals surface area contributed by atoms with E-state index < -0.39 is 0 Å². The number of halogens is 2. The Kier molecular flexibility index (Phi) is 4.75. The van der Waals surface area contributed by atoms with E-state index in [1.54, 1.807) is 30.3 Å². The smallest absolute Gasteiger partial charge is 0.256 e. The number of nitrogens with one attached hydrogen (secondary N) is 1. The first-order valence-electron chi connectivity index (χ1n) is 6.13. The molecule has 2 aromatic carbocycles. The van der Waals surface area contributed by atoms with E-state index in [0.717, 1.165) is 5.56 Å². The molecule has 0 saturated carbocycles. The van der Waals surface area contributed by atoms with Gasteiger partial charge in [-0.25, -0.2) is 0 Å². The summed E-state index contributed by atoms with van der Waals surface area (Å²) in [6.45, 7) is 1.86. The number of benzene rings is 2. The van der Waals surface area contributed by atoms with Crippen molar-refractivity contribution in [2.75, 3.05) is 18.2 Å². The Morgan fingerprint density at radius 2 is 2.10 bits per heavy atom. The van der Waals surface area contributed by atoms with Crippen molar-refractivity contribution in [3.05, 3.63) is 51.0 Å². The van der Waals surface area contributed by atoms with Crippen molar-refractivity contribution < 1.29 is 9.53 Å². The Balaban J connectivity index is 2.36. The second-order valence-electron chi connectivity index (χ2n) is 4.46. The van der Waals surface area contributed by atoms with E-state index in [1.165, 1.54) is 7.11 Å². The molecule has 110 valence electrons. The number of rotatable bonds is 3. The lowest BCUT2D eigenvalue weighted by Gasteiger charge is -2.13. The fraction of sp³-hybridized carbons (Fsp3) is 0.133. The standard InChI is InChI=1S/C15H14BrClN2O2/c1-8-6-12(13(21-2)7-10(8)17)19-15(20)9-4-3-5-11(18)14(9)16/h3-7H,18H2,1-2H3,(H,19,20). The maximum atomic E-state index is 12.4. The van der Waals surface area contributed by atoms with E-state index in [9.17, 15) is 4.79 Å². The van der Waals surface area contributed by atoms with Crippen molar-refractivity contribution >= 4 is 44.8 Å². The molecule has 0 fully saturated rings. The molecule has 0 atom stereocenters. The van der Waals surface area contributed by atoms with E-state index in [-0.39, 0.29) is 5.91 Å². The number of anilines is 2. The van der Waals surface area contributed by atoms with Gasteiger partial charge in [-0.05, 0) is 46.6 Å². The largest absolute Gasteiger partial charge is 0.495 e. The van der Waals surface area contributed by atoms with Crippen LogP contribution in [0.15, 0.2) is 34.8 Å². The summed E-state index contributed by atoms with van der Waals surface area (Å²) in [4.78, 5) is 12.4. The minimum absolute atomic E-state index is 0.283. The molecule has 6 heteroatoms. The molecular formula is C15H14BrClN2O2. The summed E-state index contributed by atoms with van der Waals surface area (Å²) in [6.07, 6.45) is 0. The molecule has 3 N–H and O–H groups in total. The van der Waals surface area contributed by atoms with E-state index in [2.05, 4.69) is 21.2 Å². The molecule has 0 aliphatic rings. The topological polar surface area (TPSA) is 64.3 Å². The summed E-state index contributed by atoms with van der Waals surface area (Å²) in [5.74, 6) is 0.216. The molecule has 1 amide bonds. The van der Waals surface area contributed by atoms with Crippen molar-refractivity contribution in [3.63, 3.8) is 0 Å². The van der Waals surface area contributed by atoms with E-state index >= 15 is 0 Å². The van der Waals surface area contributed by atoms with E-state index in [0.29, 0.717) is 32.2 Å². The zero-order valence-electron chi connectivity index (χ0n) is 11.5. The molecule has 21 heavy (non-hydrogen) atoms. The van der Waals surface area contributed by atoms with Gasteiger partial charge in [0.25, 0.3) is 5.91 Å². The Morgan fingerprint density at radius 3 is 2.76 bits per heavy atom. The molecule has 0 radical (unpaired) electrons. The Hall–Kier alpha value is -1.72. The molecule has 0 saturated heterocycles. The van der Waals surface area contributed by atoms with Gasteiger partial charge in [-0.1, -0.05) is 17.7 Å². The summed E-state index contributed by atoms with van der Waals surface area (Å²) >= 11 is 9.37. The zero-order chi connectivity index (χ0) is 15.6. The number of nitrogens with two attached hydrogens (primary N) is 1. The highest BCUT2D eigenvalue weighted by Crippen LogP contribution is 2.32. The molecule has 0 unspecified atom stereocenters. The highest BCUT2D eigenvalue weighted by molar-refractivity contribution is 9.10. The first-order valence-corrected chi connectivity index (χ1v) is 7.30. The maximum Gasteiger partial charge on any atom is 0.256 e. The van der Waals surface area contributed by atoms with Crippen LogP contribution in [-0.2, 0) is 0 Å². The van der Waals surface area contributed by atoms with Crippen LogP contribution in [0.4, 0.5) is 11.4 Å². The zero-order valence-corrected chi connectivity index (χ0v) is 13.9. The highest BCUT2D eigenvalue weighted by Gasteiger charge is 2.15. The third-order valence-electron chi connectivity index (χ3n) is 3.00. The Morgan fingerprint density at radius 1 is 1.38 bits per heavy atom. The number of methoxy groups -OCH3 is 1. The second-order valence-corrected chi connectivity index (χ2v) is 5.66. The van der Waals surface area contributed by atoms with Crippen molar-refractivity contribution in [2.24, 2.45) is 0 Å². The summed E-state index contributed by atoms with van der Waals surface area (Å²) < 4.78 is 5.80. The number of ether oxygens (including phenoxy) is 1. The summed E-state index contributed by atoms with van der Waals surface area (Å²) in [5, 5.41) is 3.38. The summed E-state index contributed by atoms with van der Waals surface area (Å²) in [7, 11) is 1.52. The Bertz CT molecular complexity index is 704. The second kappa shape index (κ2) is 6.37. The van der Waals surface area contributed by atoms with Crippen molar-refractivity contribution in [2.45, 2.75) is 6.92 Å². The van der Waals surface area contributed by atoms with Crippen molar-refractivity contribution in [1.29, 1.82) is 0 Å². The first kappa shape index (κ1) is 15.7. The molecule has 2 aromatic rings. The summed E-state index contributed by atoms with van der Waals surface area (Å²) in [6, 6.07) is 8.55. The average Bonchev–Trinajstić information content (AvgIpc) is 2.45. The SMILES string of the molecule is COc1cc(Cl)c(C)cc1NC(=O)c1cccc(N)c1Br. The van der Waals surface area contributed by atoms with Gasteiger partial charge in [0.05, 0.1) is 22.8 Å². The summed E-state index contributed by atoms with van der Waals surface area (Å²) in [5.41, 5.74) is 8.13. The minimum atomic E-state index is -0.283. The minimum Gasteiger partial charge on any atom is -0.495 e. The third-order valence-corrected chi connectivity index (χ3v) is 4.29. The number of hydrogen-bond acceptors (Lipinski definition) is 3. The van der Waals surface area contributed by atoms with Gasteiger partial charge < -0.3 is 15.8 Å². The molecule has 0 aliphatic carbocycles. The van der Waals surface area contributed by atoms with Gasteiger partial charge >= 0.3 is 0 Å². The Labute approximate surface area is 136 Å². The van der Waals surface area contributed by atoms with E-state index in [1.807, 2.05) is 6.92 Å². The van der Waals surface area contributed by atoms with Crippen LogP contribution in [-0.4, -0.2) is 13.0 Å². The molecule has 0 bridgehead atoms. The van der Waals surface area contributed by atoms with Crippen LogP contribution in [0.3, 0.4) is 0 Å². The van der Waals surface area contributed by atoms with Gasteiger partial charge in [-0.2, -0.15) is 0 Å².